The summed E-state index contributed by atoms with van der Waals surface area (Å²) in [6.07, 6.45) is 0. The average molecular weight is 455 g/mol. The Morgan fingerprint density at radius 1 is 0.794 bits per heavy atom. The van der Waals surface area contributed by atoms with Crippen molar-refractivity contribution in [2.75, 3.05) is 43.4 Å². The number of amides is 3. The fraction of sp³-hybridized carbons (Fsp3) is 0.222. The van der Waals surface area contributed by atoms with Gasteiger partial charge < -0.3 is 10.2 Å². The minimum absolute atomic E-state index is 0.249. The maximum atomic E-state index is 12.7. The molecule has 0 aliphatic carbocycles. The molecule has 0 radical (unpaired) electrons. The summed E-state index contributed by atoms with van der Waals surface area (Å²) in [7, 11) is 2.15. The summed E-state index contributed by atoms with van der Waals surface area (Å²) >= 11 is 0. The number of anilines is 2. The van der Waals surface area contributed by atoms with Gasteiger partial charge in [0, 0.05) is 44.0 Å². The summed E-state index contributed by atoms with van der Waals surface area (Å²) in [5.74, 6) is -0.954. The summed E-state index contributed by atoms with van der Waals surface area (Å²) in [6.45, 7) is 5.19. The van der Waals surface area contributed by atoms with E-state index < -0.39 is 0 Å². The number of imide groups is 1. The quantitative estimate of drug-likeness (QED) is 0.598. The molecule has 1 saturated heterocycles. The van der Waals surface area contributed by atoms with E-state index in [0.29, 0.717) is 22.4 Å². The molecule has 0 aromatic heterocycles. The van der Waals surface area contributed by atoms with E-state index in [1.165, 1.54) is 5.56 Å². The first kappa shape index (κ1) is 22.0. The SMILES string of the molecule is CN1CCN(Cc2ccc(NC(=O)c3ccc(N4C(=O)c5ccccc5C4=O)cc3)cc2)CC1. The van der Waals surface area contributed by atoms with Crippen LogP contribution in [-0.2, 0) is 6.54 Å². The molecular weight excluding hydrogens is 428 g/mol. The molecule has 172 valence electrons. The van der Waals surface area contributed by atoms with Gasteiger partial charge in [0.1, 0.15) is 0 Å². The highest BCUT2D eigenvalue weighted by Crippen LogP contribution is 2.28. The third-order valence-corrected chi connectivity index (χ3v) is 6.40. The highest BCUT2D eigenvalue weighted by Gasteiger charge is 2.36. The molecule has 2 heterocycles. The van der Waals surface area contributed by atoms with Gasteiger partial charge >= 0.3 is 0 Å². The van der Waals surface area contributed by atoms with Gasteiger partial charge in [0.2, 0.25) is 0 Å². The van der Waals surface area contributed by atoms with Gasteiger partial charge in [0.05, 0.1) is 16.8 Å². The Morgan fingerprint density at radius 2 is 1.38 bits per heavy atom. The van der Waals surface area contributed by atoms with E-state index in [9.17, 15) is 14.4 Å². The molecule has 3 amide bonds. The van der Waals surface area contributed by atoms with Crippen molar-refractivity contribution in [2.24, 2.45) is 0 Å². The first-order valence-electron chi connectivity index (χ1n) is 11.4. The lowest BCUT2D eigenvalue weighted by Gasteiger charge is -2.32. The smallest absolute Gasteiger partial charge is 0.266 e. The Hall–Kier alpha value is -3.81. The van der Waals surface area contributed by atoms with E-state index in [0.717, 1.165) is 43.3 Å². The monoisotopic (exact) mass is 454 g/mol. The van der Waals surface area contributed by atoms with Crippen LogP contribution in [0, 0.1) is 0 Å². The second kappa shape index (κ2) is 9.21. The van der Waals surface area contributed by atoms with E-state index in [1.54, 1.807) is 48.5 Å². The van der Waals surface area contributed by atoms with Crippen LogP contribution in [0.1, 0.15) is 36.6 Å². The van der Waals surface area contributed by atoms with Crippen molar-refractivity contribution in [3.05, 3.63) is 95.1 Å². The number of likely N-dealkylation sites (N-methyl/N-ethyl adjacent to an activating group) is 1. The molecule has 1 N–H and O–H groups in total. The fourth-order valence-electron chi connectivity index (χ4n) is 4.35. The summed E-state index contributed by atoms with van der Waals surface area (Å²) in [5, 5.41) is 2.91. The fourth-order valence-corrected chi connectivity index (χ4v) is 4.35. The number of piperazine rings is 1. The topological polar surface area (TPSA) is 73.0 Å². The van der Waals surface area contributed by atoms with Crippen LogP contribution < -0.4 is 10.2 Å². The summed E-state index contributed by atoms with van der Waals surface area (Å²) in [6, 6.07) is 21.2. The average Bonchev–Trinajstić information content (AvgIpc) is 3.12. The summed E-state index contributed by atoms with van der Waals surface area (Å²) < 4.78 is 0. The molecule has 0 bridgehead atoms. The zero-order valence-corrected chi connectivity index (χ0v) is 19.0. The van der Waals surface area contributed by atoms with Crippen LogP contribution in [0.4, 0.5) is 11.4 Å². The van der Waals surface area contributed by atoms with Crippen LogP contribution >= 0.6 is 0 Å². The number of nitrogens with one attached hydrogen (secondary N) is 1. The molecule has 0 unspecified atom stereocenters. The Labute approximate surface area is 198 Å². The number of hydrogen-bond donors (Lipinski definition) is 1. The minimum Gasteiger partial charge on any atom is -0.322 e. The number of fused-ring (bicyclic) bond motifs is 1. The summed E-state index contributed by atoms with van der Waals surface area (Å²) in [4.78, 5) is 43.9. The number of benzene rings is 3. The molecule has 5 rings (SSSR count). The lowest BCUT2D eigenvalue weighted by atomic mass is 10.1. The van der Waals surface area contributed by atoms with Gasteiger partial charge in [0.25, 0.3) is 17.7 Å². The number of rotatable bonds is 5. The molecule has 3 aromatic carbocycles. The number of hydrogen-bond acceptors (Lipinski definition) is 5. The molecule has 1 fully saturated rings. The molecule has 0 spiro atoms. The van der Waals surface area contributed by atoms with Crippen molar-refractivity contribution in [1.82, 2.24) is 9.80 Å². The van der Waals surface area contributed by atoms with E-state index in [-0.39, 0.29) is 17.7 Å². The minimum atomic E-state index is -0.352. The molecule has 0 atom stereocenters. The molecule has 2 aliphatic rings. The Bertz CT molecular complexity index is 1190. The predicted octanol–water partition coefficient (Wildman–Crippen LogP) is 3.49. The maximum absolute atomic E-state index is 12.7. The first-order chi connectivity index (χ1) is 16.5. The number of nitrogens with zero attached hydrogens (tertiary/aromatic N) is 3. The molecule has 34 heavy (non-hydrogen) atoms. The highest BCUT2D eigenvalue weighted by atomic mass is 16.2. The van der Waals surface area contributed by atoms with E-state index in [2.05, 4.69) is 22.2 Å². The van der Waals surface area contributed by atoms with Gasteiger partial charge in [-0.2, -0.15) is 0 Å². The highest BCUT2D eigenvalue weighted by molar-refractivity contribution is 6.34. The maximum Gasteiger partial charge on any atom is 0.266 e. The van der Waals surface area contributed by atoms with Crippen molar-refractivity contribution < 1.29 is 14.4 Å². The lowest BCUT2D eigenvalue weighted by Crippen LogP contribution is -2.43. The predicted molar refractivity (Wildman–Crippen MR) is 131 cm³/mol. The number of carbonyl (C=O) groups is 3. The molecule has 2 aliphatic heterocycles. The van der Waals surface area contributed by atoms with Crippen LogP contribution in [-0.4, -0.2) is 60.7 Å². The van der Waals surface area contributed by atoms with Crippen LogP contribution in [0.5, 0.6) is 0 Å². The lowest BCUT2D eigenvalue weighted by molar-refractivity contribution is 0.0925. The van der Waals surface area contributed by atoms with Crippen LogP contribution in [0.15, 0.2) is 72.8 Å². The van der Waals surface area contributed by atoms with Gasteiger partial charge in [-0.05, 0) is 61.1 Å². The van der Waals surface area contributed by atoms with Crippen LogP contribution in [0.2, 0.25) is 0 Å². The normalized spacial score (nSPS) is 16.6. The van der Waals surface area contributed by atoms with Crippen molar-refractivity contribution in [2.45, 2.75) is 6.54 Å². The van der Waals surface area contributed by atoms with Gasteiger partial charge in [-0.25, -0.2) is 4.90 Å². The van der Waals surface area contributed by atoms with Gasteiger partial charge in [-0.3, -0.25) is 19.3 Å². The summed E-state index contributed by atoms with van der Waals surface area (Å²) in [5.41, 5.74) is 3.61. The third kappa shape index (κ3) is 4.35. The zero-order chi connectivity index (χ0) is 23.7. The molecule has 3 aromatic rings. The second-order valence-corrected chi connectivity index (χ2v) is 8.77. The van der Waals surface area contributed by atoms with Crippen LogP contribution in [0.3, 0.4) is 0 Å². The van der Waals surface area contributed by atoms with Crippen molar-refractivity contribution in [1.29, 1.82) is 0 Å². The molecule has 0 saturated carbocycles. The molecule has 7 heteroatoms. The molecule has 7 nitrogen and oxygen atoms in total. The Kier molecular flexibility index (Phi) is 5.96. The third-order valence-electron chi connectivity index (χ3n) is 6.40. The molecular formula is C27H26N4O3. The van der Waals surface area contributed by atoms with E-state index >= 15 is 0 Å². The second-order valence-electron chi connectivity index (χ2n) is 8.77. The Morgan fingerprint density at radius 3 is 1.97 bits per heavy atom. The largest absolute Gasteiger partial charge is 0.322 e. The van der Waals surface area contributed by atoms with E-state index in [4.69, 9.17) is 0 Å². The first-order valence-corrected chi connectivity index (χ1v) is 11.4. The van der Waals surface area contributed by atoms with Crippen molar-refractivity contribution >= 4 is 29.1 Å². The Balaban J connectivity index is 1.21. The van der Waals surface area contributed by atoms with Gasteiger partial charge in [-0.15, -0.1) is 0 Å². The van der Waals surface area contributed by atoms with E-state index in [1.807, 2.05) is 24.3 Å². The standard InChI is InChI=1S/C27H26N4O3/c1-29-14-16-30(17-15-29)18-19-6-10-21(11-7-19)28-25(32)20-8-12-22(13-9-20)31-26(33)23-4-2-3-5-24(23)27(31)34/h2-13H,14-18H2,1H3,(H,28,32). The van der Waals surface area contributed by atoms with Crippen molar-refractivity contribution in [3.8, 4) is 0 Å². The number of carbonyl (C=O) groups excluding carboxylic acids is 3. The van der Waals surface area contributed by atoms with Gasteiger partial charge in [-0.1, -0.05) is 24.3 Å². The van der Waals surface area contributed by atoms with Crippen molar-refractivity contribution in [3.63, 3.8) is 0 Å². The van der Waals surface area contributed by atoms with Crippen LogP contribution in [0.25, 0.3) is 0 Å². The van der Waals surface area contributed by atoms with Gasteiger partial charge in [0.15, 0.2) is 0 Å². The zero-order valence-electron chi connectivity index (χ0n) is 19.0.